The monoisotopic (exact) mass is 468 g/mol. The summed E-state index contributed by atoms with van der Waals surface area (Å²) < 4.78 is 0. The van der Waals surface area contributed by atoms with Gasteiger partial charge in [0.25, 0.3) is 0 Å². The number of likely N-dealkylation sites (tertiary alicyclic amines) is 1. The second-order valence-corrected chi connectivity index (χ2v) is 8.40. The van der Waals surface area contributed by atoms with Gasteiger partial charge in [-0.3, -0.25) is 14.4 Å². The standard InChI is InChI=1S/C20H32N6O5S/c1-3-11(2)16(19(29)26-6-4-5-15(26)20(30)31)25-18(28)14(9-32)24-17(27)13(21)7-12-8-22-10-23-12/h8,10-11,13-16,32H,3-7,9,21H2,1-2H3,(H,22,23)(H,24,27)(H,25,28)(H,30,31). The maximum atomic E-state index is 13.1. The molecule has 0 radical (unpaired) electrons. The molecule has 178 valence electrons. The Hall–Kier alpha value is -2.60. The summed E-state index contributed by atoms with van der Waals surface area (Å²) in [4.78, 5) is 58.0. The lowest BCUT2D eigenvalue weighted by atomic mass is 9.97. The first kappa shape index (κ1) is 25.7. The summed E-state index contributed by atoms with van der Waals surface area (Å²) >= 11 is 4.16. The Kier molecular flexibility index (Phi) is 9.51. The molecule has 1 saturated heterocycles. The number of carbonyl (C=O) groups is 4. The van der Waals surface area contributed by atoms with Crippen molar-refractivity contribution in [3.05, 3.63) is 18.2 Å². The number of carboxylic acid groups (broad SMARTS) is 1. The summed E-state index contributed by atoms with van der Waals surface area (Å²) in [5, 5.41) is 14.7. The summed E-state index contributed by atoms with van der Waals surface area (Å²) in [7, 11) is 0. The molecule has 1 aliphatic rings. The average molecular weight is 469 g/mol. The van der Waals surface area contributed by atoms with Crippen molar-refractivity contribution in [1.82, 2.24) is 25.5 Å². The normalized spacial score (nSPS) is 19.6. The number of nitrogens with zero attached hydrogens (tertiary/aromatic N) is 2. The summed E-state index contributed by atoms with van der Waals surface area (Å²) in [5.41, 5.74) is 6.61. The van der Waals surface area contributed by atoms with Crippen LogP contribution in [0, 0.1) is 5.92 Å². The number of aliphatic carboxylic acids is 1. The third kappa shape index (κ3) is 6.45. The minimum Gasteiger partial charge on any atom is -0.480 e. The molecule has 0 bridgehead atoms. The van der Waals surface area contributed by atoms with Crippen molar-refractivity contribution in [2.24, 2.45) is 11.7 Å². The predicted octanol–water partition coefficient (Wildman–Crippen LogP) is -0.699. The van der Waals surface area contributed by atoms with Gasteiger partial charge in [-0.15, -0.1) is 0 Å². The molecule has 6 N–H and O–H groups in total. The highest BCUT2D eigenvalue weighted by Crippen LogP contribution is 2.21. The van der Waals surface area contributed by atoms with Gasteiger partial charge in [-0.2, -0.15) is 12.6 Å². The third-order valence-corrected chi connectivity index (χ3v) is 6.11. The minimum atomic E-state index is -1.06. The van der Waals surface area contributed by atoms with Gasteiger partial charge in [-0.1, -0.05) is 20.3 Å². The highest BCUT2D eigenvalue weighted by Gasteiger charge is 2.39. The molecular formula is C20H32N6O5S. The zero-order valence-corrected chi connectivity index (χ0v) is 19.2. The zero-order chi connectivity index (χ0) is 23.8. The SMILES string of the molecule is CCC(C)C(NC(=O)C(CS)NC(=O)C(N)Cc1cnc[nH]1)C(=O)N1CCCC1C(=O)O. The topological polar surface area (TPSA) is 171 Å². The van der Waals surface area contributed by atoms with Gasteiger partial charge in [0.1, 0.15) is 18.1 Å². The molecule has 0 aliphatic carbocycles. The van der Waals surface area contributed by atoms with Crippen molar-refractivity contribution in [3.8, 4) is 0 Å². The molecule has 0 saturated carbocycles. The predicted molar refractivity (Wildman–Crippen MR) is 120 cm³/mol. The van der Waals surface area contributed by atoms with E-state index >= 15 is 0 Å². The number of amides is 3. The Morgan fingerprint density at radius 1 is 1.34 bits per heavy atom. The van der Waals surface area contributed by atoms with Crippen molar-refractivity contribution < 1.29 is 24.3 Å². The second kappa shape index (κ2) is 11.9. The van der Waals surface area contributed by atoms with Gasteiger partial charge in [-0.25, -0.2) is 9.78 Å². The van der Waals surface area contributed by atoms with Crippen LogP contribution in [-0.4, -0.2) is 80.1 Å². The number of nitrogens with one attached hydrogen (secondary N) is 3. The number of thiol groups is 1. The van der Waals surface area contributed by atoms with Crippen LogP contribution in [0.25, 0.3) is 0 Å². The highest BCUT2D eigenvalue weighted by molar-refractivity contribution is 7.80. The first-order chi connectivity index (χ1) is 15.2. The van der Waals surface area contributed by atoms with Gasteiger partial charge in [-0.05, 0) is 18.8 Å². The molecule has 2 heterocycles. The number of imidazole rings is 1. The number of carbonyl (C=O) groups excluding carboxylic acids is 3. The van der Waals surface area contributed by atoms with Crippen molar-refractivity contribution in [2.75, 3.05) is 12.3 Å². The smallest absolute Gasteiger partial charge is 0.326 e. The maximum Gasteiger partial charge on any atom is 0.326 e. The zero-order valence-electron chi connectivity index (χ0n) is 18.3. The van der Waals surface area contributed by atoms with Gasteiger partial charge in [0.15, 0.2) is 0 Å². The molecule has 3 amide bonds. The number of carboxylic acids is 1. The van der Waals surface area contributed by atoms with E-state index in [-0.39, 0.29) is 18.1 Å². The summed E-state index contributed by atoms with van der Waals surface area (Å²) in [5.74, 6) is -2.84. The number of H-pyrrole nitrogens is 1. The lowest BCUT2D eigenvalue weighted by Crippen LogP contribution is -2.59. The van der Waals surface area contributed by atoms with E-state index in [4.69, 9.17) is 5.73 Å². The van der Waals surface area contributed by atoms with Gasteiger partial charge < -0.3 is 31.4 Å². The summed E-state index contributed by atoms with van der Waals surface area (Å²) in [6, 6.07) is -3.72. The summed E-state index contributed by atoms with van der Waals surface area (Å²) in [6.45, 7) is 4.01. The number of aromatic nitrogens is 2. The quantitative estimate of drug-likeness (QED) is 0.233. The Morgan fingerprint density at radius 2 is 2.06 bits per heavy atom. The number of rotatable bonds is 11. The molecule has 5 unspecified atom stereocenters. The first-order valence-corrected chi connectivity index (χ1v) is 11.3. The van der Waals surface area contributed by atoms with Gasteiger partial charge in [0.2, 0.25) is 17.7 Å². The first-order valence-electron chi connectivity index (χ1n) is 10.7. The van der Waals surface area contributed by atoms with E-state index in [1.807, 2.05) is 13.8 Å². The van der Waals surface area contributed by atoms with Gasteiger partial charge in [0, 0.05) is 30.6 Å². The van der Waals surface area contributed by atoms with E-state index in [1.165, 1.54) is 11.2 Å². The maximum absolute atomic E-state index is 13.1. The second-order valence-electron chi connectivity index (χ2n) is 8.03. The molecule has 1 aromatic heterocycles. The fourth-order valence-electron chi connectivity index (χ4n) is 3.60. The van der Waals surface area contributed by atoms with E-state index in [0.717, 1.165) is 0 Å². The minimum absolute atomic E-state index is 0.00275. The largest absolute Gasteiger partial charge is 0.480 e. The van der Waals surface area contributed by atoms with Crippen LogP contribution >= 0.6 is 12.6 Å². The lowest BCUT2D eigenvalue weighted by Gasteiger charge is -2.31. The van der Waals surface area contributed by atoms with Crippen molar-refractivity contribution in [3.63, 3.8) is 0 Å². The van der Waals surface area contributed by atoms with E-state index < -0.39 is 47.9 Å². The molecule has 32 heavy (non-hydrogen) atoms. The van der Waals surface area contributed by atoms with Crippen LogP contribution in [0.3, 0.4) is 0 Å². The van der Waals surface area contributed by atoms with Crippen LogP contribution in [0.1, 0.15) is 38.8 Å². The van der Waals surface area contributed by atoms with Crippen LogP contribution < -0.4 is 16.4 Å². The van der Waals surface area contributed by atoms with Gasteiger partial charge in [0.05, 0.1) is 12.4 Å². The highest BCUT2D eigenvalue weighted by atomic mass is 32.1. The number of aromatic amines is 1. The van der Waals surface area contributed by atoms with E-state index in [0.29, 0.717) is 31.5 Å². The van der Waals surface area contributed by atoms with Crippen molar-refractivity contribution in [2.45, 2.75) is 63.7 Å². The Bertz CT molecular complexity index is 804. The molecule has 0 spiro atoms. The van der Waals surface area contributed by atoms with Crippen LogP contribution in [-0.2, 0) is 25.6 Å². The third-order valence-electron chi connectivity index (χ3n) is 5.74. The van der Waals surface area contributed by atoms with Crippen molar-refractivity contribution >= 4 is 36.3 Å². The van der Waals surface area contributed by atoms with E-state index in [1.54, 1.807) is 6.20 Å². The van der Waals surface area contributed by atoms with Crippen LogP contribution in [0.2, 0.25) is 0 Å². The Morgan fingerprint density at radius 3 is 2.62 bits per heavy atom. The van der Waals surface area contributed by atoms with Crippen LogP contribution in [0.15, 0.2) is 12.5 Å². The molecule has 11 nitrogen and oxygen atoms in total. The Balaban J connectivity index is 2.05. The molecular weight excluding hydrogens is 436 g/mol. The van der Waals surface area contributed by atoms with Crippen LogP contribution in [0.5, 0.6) is 0 Å². The van der Waals surface area contributed by atoms with Gasteiger partial charge >= 0.3 is 5.97 Å². The molecule has 5 atom stereocenters. The molecule has 0 aromatic carbocycles. The fraction of sp³-hybridized carbons (Fsp3) is 0.650. The molecule has 1 aromatic rings. The van der Waals surface area contributed by atoms with Crippen molar-refractivity contribution in [1.29, 1.82) is 0 Å². The lowest BCUT2D eigenvalue weighted by molar-refractivity contribution is -0.150. The molecule has 12 heteroatoms. The Labute approximate surface area is 192 Å². The number of nitrogens with two attached hydrogens (primary N) is 1. The van der Waals surface area contributed by atoms with E-state index in [2.05, 4.69) is 33.2 Å². The molecule has 1 aliphatic heterocycles. The fourth-order valence-corrected chi connectivity index (χ4v) is 3.86. The molecule has 1 fully saturated rings. The molecule has 2 rings (SSSR count). The number of hydrogen-bond acceptors (Lipinski definition) is 7. The average Bonchev–Trinajstić information content (AvgIpc) is 3.46. The van der Waals surface area contributed by atoms with Crippen LogP contribution in [0.4, 0.5) is 0 Å². The summed E-state index contributed by atoms with van der Waals surface area (Å²) in [6.07, 6.45) is 4.81. The number of hydrogen-bond donors (Lipinski definition) is 6. The van der Waals surface area contributed by atoms with E-state index in [9.17, 15) is 24.3 Å².